The Morgan fingerprint density at radius 3 is 2.71 bits per heavy atom. The Balaban J connectivity index is 1.88. The topological polar surface area (TPSA) is 12.0 Å². The van der Waals surface area contributed by atoms with E-state index in [0.717, 1.165) is 17.5 Å². The summed E-state index contributed by atoms with van der Waals surface area (Å²) in [7, 11) is 0. The number of halogens is 1. The summed E-state index contributed by atoms with van der Waals surface area (Å²) in [4.78, 5) is 0. The van der Waals surface area contributed by atoms with Crippen molar-refractivity contribution < 1.29 is 0 Å². The average molecular weight is 252 g/mol. The van der Waals surface area contributed by atoms with Gasteiger partial charge in [-0.2, -0.15) is 0 Å². The van der Waals surface area contributed by atoms with Gasteiger partial charge in [-0.15, -0.1) is 0 Å². The summed E-state index contributed by atoms with van der Waals surface area (Å²) >= 11 is 6.23. The fourth-order valence-electron chi connectivity index (χ4n) is 2.69. The third-order valence-electron chi connectivity index (χ3n) is 3.93. The average Bonchev–Trinajstić information content (AvgIpc) is 2.81. The lowest BCUT2D eigenvalue weighted by molar-refractivity contribution is 0.380. The predicted octanol–water partition coefficient (Wildman–Crippen LogP) is 4.32. The molecule has 1 aromatic rings. The highest BCUT2D eigenvalue weighted by Crippen LogP contribution is 2.28. The van der Waals surface area contributed by atoms with Gasteiger partial charge in [0.2, 0.25) is 0 Å². The van der Waals surface area contributed by atoms with Gasteiger partial charge in [-0.1, -0.05) is 36.6 Å². The largest absolute Gasteiger partial charge is 0.310 e. The molecule has 1 aliphatic rings. The van der Waals surface area contributed by atoms with E-state index in [4.69, 9.17) is 11.6 Å². The molecule has 1 nitrogen and oxygen atoms in total. The van der Waals surface area contributed by atoms with Crippen LogP contribution in [0.5, 0.6) is 0 Å². The quantitative estimate of drug-likeness (QED) is 0.841. The van der Waals surface area contributed by atoms with Gasteiger partial charge in [0, 0.05) is 17.6 Å². The van der Waals surface area contributed by atoms with Crippen LogP contribution in [0.1, 0.15) is 43.7 Å². The van der Waals surface area contributed by atoms with Gasteiger partial charge in [-0.05, 0) is 49.8 Å². The van der Waals surface area contributed by atoms with Gasteiger partial charge in [-0.3, -0.25) is 0 Å². The maximum Gasteiger partial charge on any atom is 0.0453 e. The van der Waals surface area contributed by atoms with E-state index in [0.29, 0.717) is 6.04 Å². The Bertz CT molecular complexity index is 369. The minimum atomic E-state index is 0.606. The van der Waals surface area contributed by atoms with Gasteiger partial charge in [0.05, 0.1) is 0 Å². The lowest BCUT2D eigenvalue weighted by atomic mass is 9.99. The second-order valence-electron chi connectivity index (χ2n) is 5.31. The molecule has 17 heavy (non-hydrogen) atoms. The lowest BCUT2D eigenvalue weighted by Crippen LogP contribution is -2.31. The molecule has 0 saturated heterocycles. The van der Waals surface area contributed by atoms with Crippen molar-refractivity contribution in [3.05, 3.63) is 34.3 Å². The first-order valence-electron chi connectivity index (χ1n) is 6.65. The second kappa shape index (κ2) is 5.88. The minimum Gasteiger partial charge on any atom is -0.310 e. The van der Waals surface area contributed by atoms with Crippen molar-refractivity contribution in [2.24, 2.45) is 5.92 Å². The van der Waals surface area contributed by atoms with Crippen molar-refractivity contribution in [1.82, 2.24) is 5.32 Å². The molecule has 0 heterocycles. The predicted molar refractivity (Wildman–Crippen MR) is 74.4 cm³/mol. The Morgan fingerprint density at radius 2 is 2.06 bits per heavy atom. The number of aryl methyl sites for hydroxylation is 1. The summed E-state index contributed by atoms with van der Waals surface area (Å²) in [5, 5.41) is 4.50. The summed E-state index contributed by atoms with van der Waals surface area (Å²) in [6.45, 7) is 5.26. The van der Waals surface area contributed by atoms with Crippen molar-refractivity contribution in [3.8, 4) is 0 Å². The minimum absolute atomic E-state index is 0.606. The van der Waals surface area contributed by atoms with Gasteiger partial charge in [0.15, 0.2) is 0 Å². The molecule has 1 aliphatic carbocycles. The first-order chi connectivity index (χ1) is 8.16. The Kier molecular flexibility index (Phi) is 4.47. The SMILES string of the molecule is Cc1ccc(CNC(C)C2CCCC2)c(Cl)c1. The van der Waals surface area contributed by atoms with Crippen molar-refractivity contribution in [3.63, 3.8) is 0 Å². The van der Waals surface area contributed by atoms with Crippen LogP contribution in [0.15, 0.2) is 18.2 Å². The molecule has 0 aliphatic heterocycles. The van der Waals surface area contributed by atoms with Gasteiger partial charge < -0.3 is 5.32 Å². The molecule has 0 radical (unpaired) electrons. The van der Waals surface area contributed by atoms with E-state index in [-0.39, 0.29) is 0 Å². The fraction of sp³-hybridized carbons (Fsp3) is 0.600. The van der Waals surface area contributed by atoms with E-state index >= 15 is 0 Å². The summed E-state index contributed by atoms with van der Waals surface area (Å²) in [6, 6.07) is 6.91. The highest BCUT2D eigenvalue weighted by molar-refractivity contribution is 6.31. The van der Waals surface area contributed by atoms with Crippen LogP contribution in [-0.2, 0) is 6.54 Å². The van der Waals surface area contributed by atoms with Crippen molar-refractivity contribution >= 4 is 11.6 Å². The normalized spacial score (nSPS) is 18.5. The highest BCUT2D eigenvalue weighted by atomic mass is 35.5. The molecule has 0 bridgehead atoms. The lowest BCUT2D eigenvalue weighted by Gasteiger charge is -2.20. The Morgan fingerprint density at radius 1 is 1.35 bits per heavy atom. The molecule has 1 aromatic carbocycles. The monoisotopic (exact) mass is 251 g/mol. The van der Waals surface area contributed by atoms with E-state index in [1.807, 2.05) is 6.07 Å². The molecule has 0 spiro atoms. The van der Waals surface area contributed by atoms with E-state index in [2.05, 4.69) is 31.3 Å². The molecule has 2 rings (SSSR count). The van der Waals surface area contributed by atoms with Crippen LogP contribution in [0.25, 0.3) is 0 Å². The molecular weight excluding hydrogens is 230 g/mol. The molecular formula is C15H22ClN. The van der Waals surface area contributed by atoms with Crippen molar-refractivity contribution in [2.75, 3.05) is 0 Å². The van der Waals surface area contributed by atoms with Crippen LogP contribution in [0.2, 0.25) is 5.02 Å². The molecule has 1 unspecified atom stereocenters. The molecule has 0 aromatic heterocycles. The number of rotatable bonds is 4. The molecule has 1 atom stereocenters. The van der Waals surface area contributed by atoms with E-state index in [9.17, 15) is 0 Å². The molecule has 1 fully saturated rings. The smallest absolute Gasteiger partial charge is 0.0453 e. The van der Waals surface area contributed by atoms with Crippen LogP contribution >= 0.6 is 11.6 Å². The van der Waals surface area contributed by atoms with Crippen molar-refractivity contribution in [1.29, 1.82) is 0 Å². The summed E-state index contributed by atoms with van der Waals surface area (Å²) in [5.74, 6) is 0.860. The second-order valence-corrected chi connectivity index (χ2v) is 5.72. The Labute approximate surface area is 110 Å². The number of hydrogen-bond acceptors (Lipinski definition) is 1. The van der Waals surface area contributed by atoms with Crippen LogP contribution in [-0.4, -0.2) is 6.04 Å². The molecule has 2 heteroatoms. The summed E-state index contributed by atoms with van der Waals surface area (Å²) in [5.41, 5.74) is 2.43. The Hall–Kier alpha value is -0.530. The third-order valence-corrected chi connectivity index (χ3v) is 4.28. The van der Waals surface area contributed by atoms with E-state index in [1.54, 1.807) is 0 Å². The number of nitrogens with one attached hydrogen (secondary N) is 1. The zero-order valence-corrected chi connectivity index (χ0v) is 11.6. The van der Waals surface area contributed by atoms with Gasteiger partial charge in [0.25, 0.3) is 0 Å². The summed E-state index contributed by atoms with van der Waals surface area (Å²) < 4.78 is 0. The van der Waals surface area contributed by atoms with Gasteiger partial charge in [-0.25, -0.2) is 0 Å². The fourth-order valence-corrected chi connectivity index (χ4v) is 2.99. The number of benzene rings is 1. The molecule has 1 saturated carbocycles. The summed E-state index contributed by atoms with van der Waals surface area (Å²) in [6.07, 6.45) is 5.58. The molecule has 94 valence electrons. The van der Waals surface area contributed by atoms with Crippen LogP contribution in [0.4, 0.5) is 0 Å². The van der Waals surface area contributed by atoms with Crippen molar-refractivity contribution in [2.45, 2.75) is 52.1 Å². The first kappa shape index (κ1) is 12.9. The zero-order chi connectivity index (χ0) is 12.3. The van der Waals surface area contributed by atoms with Crippen LogP contribution < -0.4 is 5.32 Å². The van der Waals surface area contributed by atoms with Crippen LogP contribution in [0, 0.1) is 12.8 Å². The standard InChI is InChI=1S/C15H22ClN/c1-11-7-8-14(15(16)9-11)10-17-12(2)13-5-3-4-6-13/h7-9,12-13,17H,3-6,10H2,1-2H3. The molecule has 0 amide bonds. The molecule has 1 N–H and O–H groups in total. The van der Waals surface area contributed by atoms with Gasteiger partial charge >= 0.3 is 0 Å². The van der Waals surface area contributed by atoms with Gasteiger partial charge in [0.1, 0.15) is 0 Å². The maximum atomic E-state index is 6.23. The maximum absolute atomic E-state index is 6.23. The first-order valence-corrected chi connectivity index (χ1v) is 7.03. The van der Waals surface area contributed by atoms with E-state index < -0.39 is 0 Å². The van der Waals surface area contributed by atoms with E-state index in [1.165, 1.54) is 36.8 Å². The highest BCUT2D eigenvalue weighted by Gasteiger charge is 2.20. The number of hydrogen-bond donors (Lipinski definition) is 1. The zero-order valence-electron chi connectivity index (χ0n) is 10.8. The van der Waals surface area contributed by atoms with Crippen LogP contribution in [0.3, 0.4) is 0 Å². The third kappa shape index (κ3) is 3.46.